The van der Waals surface area contributed by atoms with Crippen LogP contribution >= 0.6 is 0 Å². The van der Waals surface area contributed by atoms with Crippen LogP contribution in [0.3, 0.4) is 0 Å². The number of phenols is 2. The fraction of sp³-hybridized carbons (Fsp3) is 0. The normalized spacial score (nSPS) is 11.3. The van der Waals surface area contributed by atoms with Gasteiger partial charge in [0, 0.05) is 32.7 Å². The summed E-state index contributed by atoms with van der Waals surface area (Å²) in [6.07, 6.45) is 0. The minimum Gasteiger partial charge on any atom is -0.507 e. The molecule has 0 unspecified atom stereocenters. The summed E-state index contributed by atoms with van der Waals surface area (Å²) in [6, 6.07) is 38.7. The maximum atomic E-state index is 12.6. The van der Waals surface area contributed by atoms with Crippen molar-refractivity contribution in [3.05, 3.63) is 145 Å². The number of benzene rings is 8. The topological polar surface area (TPSA) is 124 Å². The second-order valence-corrected chi connectivity index (χ2v) is 11.8. The molecule has 0 amide bonds. The van der Waals surface area contributed by atoms with E-state index in [9.17, 15) is 30.0 Å². The number of ether oxygens (including phenoxy) is 1. The zero-order valence-corrected chi connectivity index (χ0v) is 25.7. The molecular formula is C42H26O7. The largest absolute Gasteiger partial charge is 0.507 e. The molecule has 0 radical (unpaired) electrons. The second kappa shape index (κ2) is 11.4. The van der Waals surface area contributed by atoms with Crippen LogP contribution < -0.4 is 4.74 Å². The first-order chi connectivity index (χ1) is 23.8. The summed E-state index contributed by atoms with van der Waals surface area (Å²) < 4.78 is 7.00. The first-order valence-electron chi connectivity index (χ1n) is 15.5. The molecule has 0 atom stereocenters. The lowest BCUT2D eigenvalue weighted by molar-refractivity contribution is 0.0688. The Morgan fingerprint density at radius 1 is 0.429 bits per heavy atom. The Kier molecular flexibility index (Phi) is 6.89. The minimum absolute atomic E-state index is 0.0210. The summed E-state index contributed by atoms with van der Waals surface area (Å²) in [5, 5.41) is 47.5. The molecule has 0 bridgehead atoms. The summed E-state index contributed by atoms with van der Waals surface area (Å²) in [5.41, 5.74) is 1.98. The molecule has 0 aliphatic carbocycles. The number of aromatic hydroxyl groups is 2. The first kappa shape index (κ1) is 29.5. The van der Waals surface area contributed by atoms with Gasteiger partial charge in [-0.2, -0.15) is 0 Å². The van der Waals surface area contributed by atoms with Crippen LogP contribution in [0, 0.1) is 0 Å². The Balaban J connectivity index is 1.48. The number of hydrogen-bond acceptors (Lipinski definition) is 5. The number of fused-ring (bicyclic) bond motifs is 4. The van der Waals surface area contributed by atoms with Gasteiger partial charge in [-0.1, -0.05) is 97.1 Å². The van der Waals surface area contributed by atoms with Crippen LogP contribution in [-0.2, 0) is 0 Å². The van der Waals surface area contributed by atoms with Gasteiger partial charge >= 0.3 is 11.9 Å². The van der Waals surface area contributed by atoms with E-state index in [1.54, 1.807) is 84.9 Å². The molecule has 0 saturated carbocycles. The molecule has 236 valence electrons. The van der Waals surface area contributed by atoms with Gasteiger partial charge in [0.1, 0.15) is 23.0 Å². The first-order valence-corrected chi connectivity index (χ1v) is 15.5. The number of aromatic carboxylic acids is 2. The molecule has 4 N–H and O–H groups in total. The standard InChI is InChI=1S/C42H26O7/c43-37-19-25(17-23-9-1-3-11-27(23)37)33-21-35(41(45)46)29-13-5-7-15-31(29)39(33)49-40-32-16-8-6-14-30(32)36(42(47)48)22-34(40)26-18-24-10-2-4-12-28(24)38(44)20-26/h1-22,43-44H,(H,45,46)(H,47,48). The zero-order chi connectivity index (χ0) is 33.8. The third-order valence-corrected chi connectivity index (χ3v) is 8.96. The molecule has 0 aromatic heterocycles. The number of hydrogen-bond donors (Lipinski definition) is 4. The van der Waals surface area contributed by atoms with Crippen molar-refractivity contribution in [3.63, 3.8) is 0 Å². The molecule has 8 aromatic carbocycles. The predicted molar refractivity (Wildman–Crippen MR) is 191 cm³/mol. The smallest absolute Gasteiger partial charge is 0.336 e. The van der Waals surface area contributed by atoms with Crippen molar-refractivity contribution in [2.45, 2.75) is 0 Å². The van der Waals surface area contributed by atoms with Gasteiger partial charge in [0.25, 0.3) is 0 Å². The van der Waals surface area contributed by atoms with Gasteiger partial charge < -0.3 is 25.2 Å². The van der Waals surface area contributed by atoms with Gasteiger partial charge in [-0.15, -0.1) is 0 Å². The van der Waals surface area contributed by atoms with E-state index in [0.717, 1.165) is 10.8 Å². The second-order valence-electron chi connectivity index (χ2n) is 11.8. The summed E-state index contributed by atoms with van der Waals surface area (Å²) in [5.74, 6) is -1.58. The van der Waals surface area contributed by atoms with Crippen molar-refractivity contribution in [3.8, 4) is 45.3 Å². The number of carboxylic acid groups (broad SMARTS) is 2. The Hall–Kier alpha value is -6.86. The Morgan fingerprint density at radius 3 is 1.16 bits per heavy atom. The van der Waals surface area contributed by atoms with E-state index in [4.69, 9.17) is 4.74 Å². The maximum Gasteiger partial charge on any atom is 0.336 e. The van der Waals surface area contributed by atoms with E-state index in [0.29, 0.717) is 66.1 Å². The zero-order valence-electron chi connectivity index (χ0n) is 25.7. The van der Waals surface area contributed by atoms with Crippen LogP contribution in [0.5, 0.6) is 23.0 Å². The Labute approximate surface area is 279 Å². The van der Waals surface area contributed by atoms with Crippen molar-refractivity contribution in [1.29, 1.82) is 0 Å². The molecule has 0 aliphatic rings. The van der Waals surface area contributed by atoms with Crippen LogP contribution in [0.4, 0.5) is 0 Å². The minimum atomic E-state index is -1.13. The number of carbonyl (C=O) groups is 2. The van der Waals surface area contributed by atoms with Gasteiger partial charge in [0.2, 0.25) is 0 Å². The lowest BCUT2D eigenvalue weighted by Crippen LogP contribution is -2.03. The van der Waals surface area contributed by atoms with E-state index >= 15 is 0 Å². The van der Waals surface area contributed by atoms with Crippen LogP contribution in [0.15, 0.2) is 133 Å². The van der Waals surface area contributed by atoms with E-state index in [2.05, 4.69) is 0 Å². The van der Waals surface area contributed by atoms with Crippen molar-refractivity contribution in [2.24, 2.45) is 0 Å². The van der Waals surface area contributed by atoms with E-state index in [1.807, 2.05) is 48.5 Å². The van der Waals surface area contributed by atoms with Crippen LogP contribution in [0.25, 0.3) is 65.3 Å². The summed E-state index contributed by atoms with van der Waals surface area (Å²) in [7, 11) is 0. The van der Waals surface area contributed by atoms with E-state index in [1.165, 1.54) is 0 Å². The van der Waals surface area contributed by atoms with Gasteiger partial charge in [0.15, 0.2) is 0 Å². The molecule has 0 heterocycles. The van der Waals surface area contributed by atoms with Crippen LogP contribution in [-0.4, -0.2) is 32.4 Å². The number of rotatable bonds is 6. The molecule has 8 aromatic rings. The average Bonchev–Trinajstić information content (AvgIpc) is 3.11. The molecule has 49 heavy (non-hydrogen) atoms. The summed E-state index contributed by atoms with van der Waals surface area (Å²) in [6.45, 7) is 0. The molecule has 0 spiro atoms. The van der Waals surface area contributed by atoms with Gasteiger partial charge in [-0.25, -0.2) is 9.59 Å². The van der Waals surface area contributed by atoms with Crippen LogP contribution in [0.1, 0.15) is 20.7 Å². The molecule has 8 rings (SSSR count). The van der Waals surface area contributed by atoms with Gasteiger partial charge in [0.05, 0.1) is 11.1 Å². The third-order valence-electron chi connectivity index (χ3n) is 8.96. The van der Waals surface area contributed by atoms with E-state index in [-0.39, 0.29) is 22.6 Å². The van der Waals surface area contributed by atoms with Crippen molar-refractivity contribution < 1.29 is 34.8 Å². The highest BCUT2D eigenvalue weighted by Crippen LogP contribution is 2.48. The fourth-order valence-electron chi connectivity index (χ4n) is 6.69. The highest BCUT2D eigenvalue weighted by molar-refractivity contribution is 6.12. The lowest BCUT2D eigenvalue weighted by Gasteiger charge is -2.21. The summed E-state index contributed by atoms with van der Waals surface area (Å²) >= 11 is 0. The Bertz CT molecular complexity index is 2490. The third kappa shape index (κ3) is 4.92. The molecule has 0 saturated heterocycles. The monoisotopic (exact) mass is 642 g/mol. The van der Waals surface area contributed by atoms with Crippen LogP contribution in [0.2, 0.25) is 0 Å². The van der Waals surface area contributed by atoms with E-state index < -0.39 is 11.9 Å². The SMILES string of the molecule is O=C(O)c1cc(-c2cc(O)c3ccccc3c2)c(Oc2c(-c3cc(O)c4ccccc4c3)cc(C(=O)O)c3ccccc23)c2ccccc12. The predicted octanol–water partition coefficient (Wildman–Crippen LogP) is 10.2. The molecule has 0 fully saturated rings. The molecular weight excluding hydrogens is 616 g/mol. The van der Waals surface area contributed by atoms with Crippen molar-refractivity contribution in [2.75, 3.05) is 0 Å². The van der Waals surface area contributed by atoms with Gasteiger partial charge in [-0.05, 0) is 69.1 Å². The number of phenolic OH excluding ortho intramolecular Hbond substituents is 2. The summed E-state index contributed by atoms with van der Waals surface area (Å²) in [4.78, 5) is 25.3. The maximum absolute atomic E-state index is 12.6. The lowest BCUT2D eigenvalue weighted by atomic mass is 9.92. The molecule has 7 heteroatoms. The highest BCUT2D eigenvalue weighted by atomic mass is 16.5. The van der Waals surface area contributed by atoms with Crippen molar-refractivity contribution in [1.82, 2.24) is 0 Å². The molecule has 0 aliphatic heterocycles. The Morgan fingerprint density at radius 2 is 0.776 bits per heavy atom. The fourth-order valence-corrected chi connectivity index (χ4v) is 6.69. The number of carboxylic acids is 2. The quantitative estimate of drug-likeness (QED) is 0.142. The van der Waals surface area contributed by atoms with Crippen molar-refractivity contribution >= 4 is 55.0 Å². The highest BCUT2D eigenvalue weighted by Gasteiger charge is 2.24. The van der Waals surface area contributed by atoms with Gasteiger partial charge in [-0.3, -0.25) is 0 Å². The average molecular weight is 643 g/mol. The molecule has 7 nitrogen and oxygen atoms in total.